The molecule has 1 unspecified atom stereocenters. The van der Waals surface area contributed by atoms with Gasteiger partial charge in [-0.2, -0.15) is 0 Å². The highest BCUT2D eigenvalue weighted by Gasteiger charge is 2.13. The normalized spacial score (nSPS) is 12.1. The second-order valence-corrected chi connectivity index (χ2v) is 4.64. The second kappa shape index (κ2) is 7.14. The van der Waals surface area contributed by atoms with Crippen LogP contribution in [-0.2, 0) is 9.53 Å². The molecule has 0 saturated carbocycles. The van der Waals surface area contributed by atoms with Gasteiger partial charge >= 0.3 is 5.97 Å². The van der Waals surface area contributed by atoms with Gasteiger partial charge < -0.3 is 15.2 Å². The molecule has 2 N–H and O–H groups in total. The largest absolute Gasteiger partial charge is 0.496 e. The lowest BCUT2D eigenvalue weighted by molar-refractivity contribution is -0.143. The summed E-state index contributed by atoms with van der Waals surface area (Å²) in [6.07, 6.45) is 0.934. The minimum Gasteiger partial charge on any atom is -0.496 e. The monoisotopic (exact) mass is 265 g/mol. The molecule has 4 nitrogen and oxygen atoms in total. The van der Waals surface area contributed by atoms with Crippen molar-refractivity contribution in [2.75, 3.05) is 13.7 Å². The van der Waals surface area contributed by atoms with Gasteiger partial charge in [-0.3, -0.25) is 4.79 Å². The van der Waals surface area contributed by atoms with Crippen molar-refractivity contribution in [1.29, 1.82) is 0 Å². The van der Waals surface area contributed by atoms with Crippen LogP contribution in [0.2, 0.25) is 0 Å². The number of esters is 1. The topological polar surface area (TPSA) is 61.5 Å². The van der Waals surface area contributed by atoms with E-state index in [9.17, 15) is 4.79 Å². The van der Waals surface area contributed by atoms with E-state index in [0.717, 1.165) is 22.4 Å². The van der Waals surface area contributed by atoms with E-state index in [0.29, 0.717) is 19.4 Å². The summed E-state index contributed by atoms with van der Waals surface area (Å²) >= 11 is 0. The summed E-state index contributed by atoms with van der Waals surface area (Å²) in [4.78, 5) is 11.3. The molecule has 0 aromatic heterocycles. The third kappa shape index (κ3) is 4.24. The van der Waals surface area contributed by atoms with Gasteiger partial charge in [0.2, 0.25) is 0 Å². The van der Waals surface area contributed by atoms with E-state index in [2.05, 4.69) is 0 Å². The fourth-order valence-electron chi connectivity index (χ4n) is 2.19. The van der Waals surface area contributed by atoms with Gasteiger partial charge in [-0.25, -0.2) is 0 Å². The summed E-state index contributed by atoms with van der Waals surface area (Å²) in [7, 11) is 1.66. The second-order valence-electron chi connectivity index (χ2n) is 4.64. The third-order valence-electron chi connectivity index (χ3n) is 3.08. The first kappa shape index (κ1) is 15.5. The van der Waals surface area contributed by atoms with Crippen molar-refractivity contribution in [3.63, 3.8) is 0 Å². The molecule has 0 spiro atoms. The summed E-state index contributed by atoms with van der Waals surface area (Å²) in [5.74, 6) is 0.696. The van der Waals surface area contributed by atoms with Gasteiger partial charge in [0.1, 0.15) is 5.75 Å². The molecule has 1 aromatic carbocycles. The van der Waals surface area contributed by atoms with Crippen LogP contribution >= 0.6 is 0 Å². The standard InChI is InChI=1S/C15H23NO3/c1-5-19-14(17)7-6-13(16)12-8-10(2)15(18-4)11(3)9-12/h8-9,13H,5-7,16H2,1-4H3. The minimum absolute atomic E-state index is 0.160. The zero-order valence-electron chi connectivity index (χ0n) is 12.2. The first-order valence-corrected chi connectivity index (χ1v) is 6.55. The van der Waals surface area contributed by atoms with Crippen LogP contribution in [0.15, 0.2) is 12.1 Å². The molecule has 0 radical (unpaired) electrons. The average molecular weight is 265 g/mol. The van der Waals surface area contributed by atoms with Gasteiger partial charge in [0.05, 0.1) is 13.7 Å². The maximum absolute atomic E-state index is 11.3. The molecule has 0 amide bonds. The van der Waals surface area contributed by atoms with Crippen molar-refractivity contribution in [3.8, 4) is 5.75 Å². The Morgan fingerprint density at radius 3 is 2.37 bits per heavy atom. The van der Waals surface area contributed by atoms with Crippen molar-refractivity contribution in [1.82, 2.24) is 0 Å². The first-order valence-electron chi connectivity index (χ1n) is 6.55. The van der Waals surface area contributed by atoms with Gasteiger partial charge in [0.15, 0.2) is 0 Å². The zero-order chi connectivity index (χ0) is 14.4. The Labute approximate surface area is 114 Å². The molecule has 0 aliphatic heterocycles. The van der Waals surface area contributed by atoms with Gasteiger partial charge in [-0.05, 0) is 43.9 Å². The van der Waals surface area contributed by atoms with E-state index in [1.165, 1.54) is 0 Å². The highest BCUT2D eigenvalue weighted by molar-refractivity contribution is 5.69. The van der Waals surface area contributed by atoms with Crippen LogP contribution in [0.5, 0.6) is 5.75 Å². The van der Waals surface area contributed by atoms with E-state index in [4.69, 9.17) is 15.2 Å². The number of carbonyl (C=O) groups is 1. The zero-order valence-corrected chi connectivity index (χ0v) is 12.2. The molecule has 4 heteroatoms. The van der Waals surface area contributed by atoms with E-state index in [-0.39, 0.29) is 12.0 Å². The number of hydrogen-bond donors (Lipinski definition) is 1. The first-order chi connectivity index (χ1) is 8.99. The Bertz CT molecular complexity index is 420. The van der Waals surface area contributed by atoms with Crippen LogP contribution in [0, 0.1) is 13.8 Å². The molecule has 0 fully saturated rings. The fraction of sp³-hybridized carbons (Fsp3) is 0.533. The van der Waals surface area contributed by atoms with E-state index in [1.807, 2.05) is 26.0 Å². The van der Waals surface area contributed by atoms with E-state index in [1.54, 1.807) is 14.0 Å². The predicted octanol–water partition coefficient (Wildman–Crippen LogP) is 2.66. The number of nitrogens with two attached hydrogens (primary N) is 1. The molecular weight excluding hydrogens is 242 g/mol. The third-order valence-corrected chi connectivity index (χ3v) is 3.08. The number of hydrogen-bond acceptors (Lipinski definition) is 4. The quantitative estimate of drug-likeness (QED) is 0.803. The SMILES string of the molecule is CCOC(=O)CCC(N)c1cc(C)c(OC)c(C)c1. The molecule has 1 rings (SSSR count). The number of benzene rings is 1. The maximum Gasteiger partial charge on any atom is 0.305 e. The minimum atomic E-state index is -0.195. The summed E-state index contributed by atoms with van der Waals surface area (Å²) in [6, 6.07) is 3.87. The lowest BCUT2D eigenvalue weighted by Crippen LogP contribution is -2.14. The molecule has 19 heavy (non-hydrogen) atoms. The van der Waals surface area contributed by atoms with E-state index >= 15 is 0 Å². The van der Waals surface area contributed by atoms with Crippen LogP contribution in [0.25, 0.3) is 0 Å². The highest BCUT2D eigenvalue weighted by Crippen LogP contribution is 2.27. The smallest absolute Gasteiger partial charge is 0.305 e. The van der Waals surface area contributed by atoms with E-state index < -0.39 is 0 Å². The lowest BCUT2D eigenvalue weighted by Gasteiger charge is -2.16. The molecule has 0 aliphatic carbocycles. The fourth-order valence-corrected chi connectivity index (χ4v) is 2.19. The number of rotatable bonds is 6. The number of ether oxygens (including phenoxy) is 2. The number of carbonyl (C=O) groups excluding carboxylic acids is 1. The number of methoxy groups -OCH3 is 1. The molecule has 106 valence electrons. The molecule has 0 heterocycles. The van der Waals surface area contributed by atoms with Crippen molar-refractivity contribution in [3.05, 3.63) is 28.8 Å². The molecular formula is C15H23NO3. The Morgan fingerprint density at radius 2 is 1.89 bits per heavy atom. The van der Waals surface area contributed by atoms with Crippen molar-refractivity contribution in [2.24, 2.45) is 5.73 Å². The molecule has 0 bridgehead atoms. The highest BCUT2D eigenvalue weighted by atomic mass is 16.5. The van der Waals surface area contributed by atoms with Crippen LogP contribution in [0.4, 0.5) is 0 Å². The Kier molecular flexibility index (Phi) is 5.83. The van der Waals surface area contributed by atoms with Gasteiger partial charge in [-0.15, -0.1) is 0 Å². The average Bonchev–Trinajstić information content (AvgIpc) is 2.36. The maximum atomic E-state index is 11.3. The molecule has 1 atom stereocenters. The lowest BCUT2D eigenvalue weighted by atomic mass is 9.98. The van der Waals surface area contributed by atoms with Crippen molar-refractivity contribution < 1.29 is 14.3 Å². The Balaban J connectivity index is 2.72. The molecule has 1 aromatic rings. The Morgan fingerprint density at radius 1 is 1.32 bits per heavy atom. The number of aryl methyl sites for hydroxylation is 2. The van der Waals surface area contributed by atoms with Crippen LogP contribution in [-0.4, -0.2) is 19.7 Å². The summed E-state index contributed by atoms with van der Waals surface area (Å²) in [5.41, 5.74) is 9.27. The van der Waals surface area contributed by atoms with Gasteiger partial charge in [0.25, 0.3) is 0 Å². The van der Waals surface area contributed by atoms with Gasteiger partial charge in [0, 0.05) is 12.5 Å². The van der Waals surface area contributed by atoms with Crippen molar-refractivity contribution in [2.45, 2.75) is 39.7 Å². The van der Waals surface area contributed by atoms with Crippen LogP contribution < -0.4 is 10.5 Å². The van der Waals surface area contributed by atoms with Crippen LogP contribution in [0.3, 0.4) is 0 Å². The van der Waals surface area contributed by atoms with Crippen LogP contribution in [0.1, 0.15) is 42.5 Å². The molecule has 0 aliphatic rings. The van der Waals surface area contributed by atoms with Gasteiger partial charge in [-0.1, -0.05) is 12.1 Å². The summed E-state index contributed by atoms with van der Waals surface area (Å²) < 4.78 is 10.2. The molecule has 0 saturated heterocycles. The van der Waals surface area contributed by atoms with Crippen molar-refractivity contribution >= 4 is 5.97 Å². The summed E-state index contributed by atoms with van der Waals surface area (Å²) in [5, 5.41) is 0. The summed E-state index contributed by atoms with van der Waals surface area (Å²) in [6.45, 7) is 6.20. The Hall–Kier alpha value is -1.55. The predicted molar refractivity (Wildman–Crippen MR) is 75.3 cm³/mol.